The smallest absolute Gasteiger partial charge is 0.0769 e. The van der Waals surface area contributed by atoms with E-state index in [0.717, 1.165) is 12.1 Å². The Labute approximate surface area is 171 Å². The van der Waals surface area contributed by atoms with Crippen molar-refractivity contribution in [2.75, 3.05) is 0 Å². The van der Waals surface area contributed by atoms with Gasteiger partial charge in [-0.15, -0.1) is 11.8 Å². The topological polar surface area (TPSA) is 12.4 Å². The van der Waals surface area contributed by atoms with Gasteiger partial charge in [0, 0.05) is 21.8 Å². The zero-order chi connectivity index (χ0) is 18.8. The highest BCUT2D eigenvalue weighted by Crippen LogP contribution is 2.51. The highest BCUT2D eigenvalue weighted by molar-refractivity contribution is 7.99. The summed E-state index contributed by atoms with van der Waals surface area (Å²) in [6.45, 7) is 0. The number of hydrogen-bond donors (Lipinski definition) is 0. The van der Waals surface area contributed by atoms with Gasteiger partial charge < -0.3 is 0 Å². The Bertz CT molecular complexity index is 1020. The van der Waals surface area contributed by atoms with Crippen LogP contribution < -0.4 is 0 Å². The number of fused-ring (bicyclic) bond motifs is 2. The molecule has 1 nitrogen and oxygen atoms in total. The molecule has 0 bridgehead atoms. The Kier molecular flexibility index (Phi) is 4.88. The Hall–Kier alpha value is -2.58. The summed E-state index contributed by atoms with van der Waals surface area (Å²) in [7, 11) is 0. The van der Waals surface area contributed by atoms with Crippen LogP contribution in [0.5, 0.6) is 0 Å². The van der Waals surface area contributed by atoms with E-state index in [0.29, 0.717) is 11.2 Å². The van der Waals surface area contributed by atoms with Crippen molar-refractivity contribution >= 4 is 29.2 Å². The number of thioether (sulfide) groups is 1. The summed E-state index contributed by atoms with van der Waals surface area (Å²) in [4.78, 5) is 6.53. The first-order valence-corrected chi connectivity index (χ1v) is 10.9. The van der Waals surface area contributed by atoms with E-state index in [-0.39, 0.29) is 0 Å². The molecule has 3 aromatic carbocycles. The number of para-hydroxylation sites is 1. The molecule has 0 unspecified atom stereocenters. The van der Waals surface area contributed by atoms with Gasteiger partial charge in [-0.25, -0.2) is 0 Å². The van der Waals surface area contributed by atoms with Crippen LogP contribution in [-0.4, -0.2) is 5.71 Å². The van der Waals surface area contributed by atoms with E-state index in [4.69, 9.17) is 4.99 Å². The van der Waals surface area contributed by atoms with Gasteiger partial charge in [-0.1, -0.05) is 72.8 Å². The van der Waals surface area contributed by atoms with Crippen molar-refractivity contribution in [2.24, 2.45) is 10.9 Å². The van der Waals surface area contributed by atoms with Crippen LogP contribution >= 0.6 is 11.8 Å². The van der Waals surface area contributed by atoms with Crippen molar-refractivity contribution in [3.05, 3.63) is 102 Å². The molecule has 0 N–H and O–H groups in total. The summed E-state index contributed by atoms with van der Waals surface area (Å²) >= 11 is 1.98. The molecule has 0 amide bonds. The average molecular weight is 382 g/mol. The van der Waals surface area contributed by atoms with Gasteiger partial charge in [0.05, 0.1) is 5.69 Å². The molecule has 1 heterocycles. The fourth-order valence-electron chi connectivity index (χ4n) is 4.30. The summed E-state index contributed by atoms with van der Waals surface area (Å²) in [5.74, 6) is 0.448. The van der Waals surface area contributed by atoms with E-state index in [1.807, 2.05) is 11.8 Å². The number of allylic oxidation sites excluding steroid dienone is 1. The Balaban J connectivity index is 1.64. The molecule has 0 saturated heterocycles. The molecule has 3 aromatic rings. The first-order valence-electron chi connectivity index (χ1n) is 10.0. The highest BCUT2D eigenvalue weighted by Gasteiger charge is 2.35. The minimum atomic E-state index is 0.406. The van der Waals surface area contributed by atoms with Crippen LogP contribution in [0.3, 0.4) is 0 Å². The maximum atomic E-state index is 5.24. The molecule has 0 radical (unpaired) electrons. The third kappa shape index (κ3) is 3.45. The van der Waals surface area contributed by atoms with Crippen LogP contribution in [0.25, 0.3) is 6.08 Å². The zero-order valence-electron chi connectivity index (χ0n) is 15.8. The SMILES string of the molecule is C(=C1CCC[C@H]2C1=Nc1ccccc1S[C@H]2c1ccccc1)c1ccccc1. The quantitative estimate of drug-likeness (QED) is 0.448. The van der Waals surface area contributed by atoms with E-state index in [2.05, 4.69) is 91.0 Å². The minimum absolute atomic E-state index is 0.406. The zero-order valence-corrected chi connectivity index (χ0v) is 16.6. The monoisotopic (exact) mass is 381 g/mol. The van der Waals surface area contributed by atoms with Gasteiger partial charge in [0.2, 0.25) is 0 Å². The lowest BCUT2D eigenvalue weighted by molar-refractivity contribution is 0.555. The number of nitrogens with zero attached hydrogens (tertiary/aromatic N) is 1. The second kappa shape index (κ2) is 7.81. The molecule has 0 aromatic heterocycles. The van der Waals surface area contributed by atoms with Gasteiger partial charge in [-0.05, 0) is 54.2 Å². The van der Waals surface area contributed by atoms with E-state index in [9.17, 15) is 0 Å². The molecule has 2 heteroatoms. The lowest BCUT2D eigenvalue weighted by atomic mass is 9.79. The minimum Gasteiger partial charge on any atom is -0.252 e. The van der Waals surface area contributed by atoms with Gasteiger partial charge in [-0.2, -0.15) is 0 Å². The summed E-state index contributed by atoms with van der Waals surface area (Å²) in [5, 5.41) is 0.406. The lowest BCUT2D eigenvalue weighted by Gasteiger charge is -2.31. The molecule has 1 aliphatic carbocycles. The highest BCUT2D eigenvalue weighted by atomic mass is 32.2. The molecule has 2 atom stereocenters. The Morgan fingerprint density at radius 2 is 1.54 bits per heavy atom. The van der Waals surface area contributed by atoms with Crippen molar-refractivity contribution in [3.8, 4) is 0 Å². The van der Waals surface area contributed by atoms with Crippen LogP contribution in [0.2, 0.25) is 0 Å². The maximum Gasteiger partial charge on any atom is 0.0769 e. The fourth-order valence-corrected chi connectivity index (χ4v) is 5.69. The maximum absolute atomic E-state index is 5.24. The molecule has 1 aliphatic heterocycles. The van der Waals surface area contributed by atoms with Crippen LogP contribution in [0.1, 0.15) is 35.6 Å². The standard InChI is InChI=1S/C26H23NS/c1-3-10-19(11-4-1)18-21-14-9-15-22-25(21)27-23-16-7-8-17-24(23)28-26(22)20-12-5-2-6-13-20/h1-8,10-13,16-18,22,26H,9,14-15H2/t22-,26-/m0/s1. The van der Waals surface area contributed by atoms with Gasteiger partial charge >= 0.3 is 0 Å². The summed E-state index contributed by atoms with van der Waals surface area (Å²) in [5.41, 5.74) is 6.49. The van der Waals surface area contributed by atoms with Crippen molar-refractivity contribution in [1.29, 1.82) is 0 Å². The van der Waals surface area contributed by atoms with Gasteiger partial charge in [-0.3, -0.25) is 4.99 Å². The second-order valence-electron chi connectivity index (χ2n) is 7.49. The molecular formula is C26H23NS. The molecule has 28 heavy (non-hydrogen) atoms. The molecule has 1 saturated carbocycles. The van der Waals surface area contributed by atoms with Crippen LogP contribution in [0.4, 0.5) is 5.69 Å². The summed E-state index contributed by atoms with van der Waals surface area (Å²) < 4.78 is 0. The largest absolute Gasteiger partial charge is 0.252 e. The molecule has 1 fully saturated rings. The number of benzene rings is 3. The molecule has 138 valence electrons. The van der Waals surface area contributed by atoms with Gasteiger partial charge in [0.1, 0.15) is 0 Å². The predicted molar refractivity (Wildman–Crippen MR) is 120 cm³/mol. The Morgan fingerprint density at radius 3 is 2.36 bits per heavy atom. The van der Waals surface area contributed by atoms with Gasteiger partial charge in [0.15, 0.2) is 0 Å². The molecule has 5 rings (SSSR count). The molecule has 2 aliphatic rings. The lowest BCUT2D eigenvalue weighted by Crippen LogP contribution is -2.25. The number of aliphatic imine (C=N–C) groups is 1. The van der Waals surface area contributed by atoms with E-state index in [1.165, 1.54) is 40.1 Å². The molecular weight excluding hydrogens is 358 g/mol. The van der Waals surface area contributed by atoms with E-state index < -0.39 is 0 Å². The first-order chi connectivity index (χ1) is 13.9. The van der Waals surface area contributed by atoms with Gasteiger partial charge in [0.25, 0.3) is 0 Å². The second-order valence-corrected chi connectivity index (χ2v) is 8.68. The first kappa shape index (κ1) is 17.5. The number of rotatable bonds is 2. The fraction of sp³-hybridized carbons (Fsp3) is 0.192. The van der Waals surface area contributed by atoms with Crippen LogP contribution in [0.15, 0.2) is 100 Å². The van der Waals surface area contributed by atoms with Crippen LogP contribution in [0, 0.1) is 5.92 Å². The predicted octanol–water partition coefficient (Wildman–Crippen LogP) is 7.49. The summed E-state index contributed by atoms with van der Waals surface area (Å²) in [6, 6.07) is 30.3. The van der Waals surface area contributed by atoms with Crippen molar-refractivity contribution in [2.45, 2.75) is 29.4 Å². The average Bonchev–Trinajstić information content (AvgIpc) is 2.93. The van der Waals surface area contributed by atoms with Crippen molar-refractivity contribution < 1.29 is 0 Å². The van der Waals surface area contributed by atoms with Crippen LogP contribution in [-0.2, 0) is 0 Å². The molecule has 0 spiro atoms. The van der Waals surface area contributed by atoms with Crippen molar-refractivity contribution in [3.63, 3.8) is 0 Å². The van der Waals surface area contributed by atoms with E-state index >= 15 is 0 Å². The Morgan fingerprint density at radius 1 is 0.821 bits per heavy atom. The third-order valence-corrected chi connectivity index (χ3v) is 7.09. The third-order valence-electron chi connectivity index (χ3n) is 5.64. The normalized spacial score (nSPS) is 22.7. The summed E-state index contributed by atoms with van der Waals surface area (Å²) in [6.07, 6.45) is 5.89. The van der Waals surface area contributed by atoms with Crippen molar-refractivity contribution in [1.82, 2.24) is 0 Å². The number of hydrogen-bond acceptors (Lipinski definition) is 2. The van der Waals surface area contributed by atoms with E-state index in [1.54, 1.807) is 0 Å².